The van der Waals surface area contributed by atoms with Gasteiger partial charge < -0.3 is 5.73 Å². The fourth-order valence-electron chi connectivity index (χ4n) is 1.32. The number of nitrogens with zero attached hydrogens (tertiary/aromatic N) is 1. The number of nitrogens with one attached hydrogen (secondary N) is 1. The van der Waals surface area contributed by atoms with Crippen LogP contribution in [0.3, 0.4) is 0 Å². The molecular weight excluding hydrogens is 230 g/mol. The monoisotopic (exact) mass is 247 g/mol. The standard InChI is InChI=1S/C9H17N3OS2/c1-7(11-12-8(10)13)3-4-9(2)14-5-6-15-9/h3-6H2,1-2H3,(H3,10,12,13)/b11-7+. The number of amides is 2. The molecule has 6 heteroatoms. The van der Waals surface area contributed by atoms with E-state index < -0.39 is 6.03 Å². The smallest absolute Gasteiger partial charge is 0.332 e. The summed E-state index contributed by atoms with van der Waals surface area (Å²) >= 11 is 4.01. The molecule has 0 saturated carbocycles. The lowest BCUT2D eigenvalue weighted by atomic mass is 10.2. The molecule has 0 bridgehead atoms. The van der Waals surface area contributed by atoms with Crippen molar-refractivity contribution in [1.82, 2.24) is 5.43 Å². The van der Waals surface area contributed by atoms with Crippen LogP contribution in [0.5, 0.6) is 0 Å². The van der Waals surface area contributed by atoms with E-state index in [0.29, 0.717) is 4.08 Å². The summed E-state index contributed by atoms with van der Waals surface area (Å²) in [5, 5.41) is 3.89. The molecule has 1 fully saturated rings. The minimum Gasteiger partial charge on any atom is -0.350 e. The second kappa shape index (κ2) is 5.65. The Morgan fingerprint density at radius 1 is 1.53 bits per heavy atom. The minimum absolute atomic E-state index is 0.323. The first-order valence-electron chi connectivity index (χ1n) is 4.88. The summed E-state index contributed by atoms with van der Waals surface area (Å²) in [4.78, 5) is 10.4. The average Bonchev–Trinajstić information content (AvgIpc) is 2.60. The lowest BCUT2D eigenvalue weighted by Crippen LogP contribution is -2.25. The highest BCUT2D eigenvalue weighted by atomic mass is 32.2. The van der Waals surface area contributed by atoms with Crippen molar-refractivity contribution in [2.75, 3.05) is 11.5 Å². The quantitative estimate of drug-likeness (QED) is 0.590. The van der Waals surface area contributed by atoms with Gasteiger partial charge in [0.1, 0.15) is 0 Å². The van der Waals surface area contributed by atoms with Gasteiger partial charge in [0.15, 0.2) is 0 Å². The molecule has 0 atom stereocenters. The third kappa shape index (κ3) is 4.79. The first kappa shape index (κ1) is 12.7. The van der Waals surface area contributed by atoms with Crippen LogP contribution in [0, 0.1) is 0 Å². The molecule has 1 rings (SSSR count). The molecule has 3 N–H and O–H groups in total. The van der Waals surface area contributed by atoms with Gasteiger partial charge in [-0.3, -0.25) is 0 Å². The average molecular weight is 247 g/mol. The Labute approximate surface area is 98.8 Å². The van der Waals surface area contributed by atoms with E-state index in [-0.39, 0.29) is 0 Å². The fraction of sp³-hybridized carbons (Fsp3) is 0.778. The molecular formula is C9H17N3OS2. The fourth-order valence-corrected chi connectivity index (χ4v) is 4.17. The number of carbonyl (C=O) groups excluding carboxylic acids is 1. The summed E-state index contributed by atoms with van der Waals surface area (Å²) in [6.45, 7) is 4.17. The maximum atomic E-state index is 10.4. The molecule has 0 aliphatic carbocycles. The van der Waals surface area contributed by atoms with Gasteiger partial charge in [-0.2, -0.15) is 5.10 Å². The molecule has 0 aromatic carbocycles. The highest BCUT2D eigenvalue weighted by Gasteiger charge is 2.29. The molecule has 0 spiro atoms. The highest BCUT2D eigenvalue weighted by Crippen LogP contribution is 2.46. The van der Waals surface area contributed by atoms with Crippen LogP contribution in [0.4, 0.5) is 4.79 Å². The Hall–Kier alpha value is -0.360. The number of hydrazone groups is 1. The van der Waals surface area contributed by atoms with Crippen molar-refractivity contribution in [2.24, 2.45) is 10.8 Å². The van der Waals surface area contributed by atoms with Gasteiger partial charge in [-0.05, 0) is 26.7 Å². The van der Waals surface area contributed by atoms with Crippen LogP contribution in [0.2, 0.25) is 0 Å². The molecule has 0 radical (unpaired) electrons. The van der Waals surface area contributed by atoms with E-state index in [4.69, 9.17) is 5.73 Å². The van der Waals surface area contributed by atoms with Crippen molar-refractivity contribution >= 4 is 35.3 Å². The van der Waals surface area contributed by atoms with Crippen LogP contribution in [-0.4, -0.2) is 27.3 Å². The molecule has 1 aliphatic heterocycles. The van der Waals surface area contributed by atoms with Crippen LogP contribution in [0.1, 0.15) is 26.7 Å². The van der Waals surface area contributed by atoms with E-state index >= 15 is 0 Å². The van der Waals surface area contributed by atoms with Crippen LogP contribution in [0.25, 0.3) is 0 Å². The first-order valence-corrected chi connectivity index (χ1v) is 6.85. The van der Waals surface area contributed by atoms with E-state index in [1.54, 1.807) is 0 Å². The van der Waals surface area contributed by atoms with E-state index in [9.17, 15) is 4.79 Å². The van der Waals surface area contributed by atoms with E-state index in [1.165, 1.54) is 11.5 Å². The van der Waals surface area contributed by atoms with Crippen molar-refractivity contribution in [3.63, 3.8) is 0 Å². The van der Waals surface area contributed by atoms with Gasteiger partial charge in [0, 0.05) is 17.2 Å². The van der Waals surface area contributed by atoms with Gasteiger partial charge in [0.25, 0.3) is 0 Å². The van der Waals surface area contributed by atoms with Crippen LogP contribution < -0.4 is 11.2 Å². The predicted octanol–water partition coefficient (Wildman–Crippen LogP) is 2.01. The Kier molecular flexibility index (Phi) is 4.79. The molecule has 86 valence electrons. The van der Waals surface area contributed by atoms with Crippen LogP contribution in [0.15, 0.2) is 5.10 Å². The maximum absolute atomic E-state index is 10.4. The van der Waals surface area contributed by atoms with Gasteiger partial charge in [-0.25, -0.2) is 10.2 Å². The summed E-state index contributed by atoms with van der Waals surface area (Å²) in [5.41, 5.74) is 8.09. The van der Waals surface area contributed by atoms with Crippen LogP contribution >= 0.6 is 23.5 Å². The third-order valence-corrected chi connectivity index (χ3v) is 5.61. The van der Waals surface area contributed by atoms with Gasteiger partial charge in [-0.15, -0.1) is 23.5 Å². The van der Waals surface area contributed by atoms with Crippen LogP contribution in [-0.2, 0) is 0 Å². The van der Waals surface area contributed by atoms with Crippen molar-refractivity contribution < 1.29 is 4.79 Å². The summed E-state index contributed by atoms with van der Waals surface area (Å²) in [5.74, 6) is 2.47. The van der Waals surface area contributed by atoms with Gasteiger partial charge in [0.2, 0.25) is 0 Å². The summed E-state index contributed by atoms with van der Waals surface area (Å²) < 4.78 is 0.323. The predicted molar refractivity (Wildman–Crippen MR) is 68.4 cm³/mol. The van der Waals surface area contributed by atoms with Crippen molar-refractivity contribution in [3.05, 3.63) is 0 Å². The van der Waals surface area contributed by atoms with Gasteiger partial charge in [-0.1, -0.05) is 0 Å². The largest absolute Gasteiger partial charge is 0.350 e. The number of carbonyl (C=O) groups is 1. The summed E-state index contributed by atoms with van der Waals surface area (Å²) in [7, 11) is 0. The van der Waals surface area contributed by atoms with Gasteiger partial charge >= 0.3 is 6.03 Å². The lowest BCUT2D eigenvalue weighted by molar-refractivity contribution is 0.249. The Bertz CT molecular complexity index is 262. The minimum atomic E-state index is -0.606. The van der Waals surface area contributed by atoms with E-state index in [1.807, 2.05) is 30.4 Å². The molecule has 1 saturated heterocycles. The second-order valence-electron chi connectivity index (χ2n) is 3.65. The number of urea groups is 1. The zero-order chi connectivity index (χ0) is 11.3. The number of hydrogen-bond acceptors (Lipinski definition) is 4. The normalized spacial score (nSPS) is 20.3. The first-order chi connectivity index (χ1) is 7.02. The SMILES string of the molecule is C/C(CCC1(C)SCCS1)=N\NC(N)=O. The number of nitrogens with two attached hydrogens (primary N) is 1. The Morgan fingerprint density at radius 3 is 2.67 bits per heavy atom. The number of primary amides is 1. The van der Waals surface area contributed by atoms with Crippen molar-refractivity contribution in [3.8, 4) is 0 Å². The molecule has 4 nitrogen and oxygen atoms in total. The summed E-state index contributed by atoms with van der Waals surface area (Å²) in [6, 6.07) is -0.606. The molecule has 15 heavy (non-hydrogen) atoms. The molecule has 0 aromatic heterocycles. The van der Waals surface area contributed by atoms with Crippen molar-refractivity contribution in [1.29, 1.82) is 0 Å². The molecule has 0 aromatic rings. The summed E-state index contributed by atoms with van der Waals surface area (Å²) in [6.07, 6.45) is 1.98. The Morgan fingerprint density at radius 2 is 2.13 bits per heavy atom. The second-order valence-corrected chi connectivity index (χ2v) is 7.11. The zero-order valence-electron chi connectivity index (χ0n) is 9.08. The topological polar surface area (TPSA) is 67.5 Å². The number of thioether (sulfide) groups is 2. The molecule has 2 amide bonds. The van der Waals surface area contributed by atoms with E-state index in [2.05, 4.69) is 17.5 Å². The van der Waals surface area contributed by atoms with Gasteiger partial charge in [0.05, 0.1) is 4.08 Å². The lowest BCUT2D eigenvalue weighted by Gasteiger charge is -2.21. The zero-order valence-corrected chi connectivity index (χ0v) is 10.7. The number of hydrogen-bond donors (Lipinski definition) is 2. The van der Waals surface area contributed by atoms with E-state index in [0.717, 1.165) is 18.6 Å². The molecule has 1 heterocycles. The third-order valence-electron chi connectivity index (χ3n) is 2.20. The molecule has 1 aliphatic rings. The maximum Gasteiger partial charge on any atom is 0.332 e. The van der Waals surface area contributed by atoms with Crippen molar-refractivity contribution in [2.45, 2.75) is 30.8 Å². The molecule has 0 unspecified atom stereocenters. The number of rotatable bonds is 4. The highest BCUT2D eigenvalue weighted by molar-refractivity contribution is 8.21. The Balaban J connectivity index is 2.29.